The lowest BCUT2D eigenvalue weighted by Crippen LogP contribution is -2.27. The zero-order valence-corrected chi connectivity index (χ0v) is 20.0. The Kier molecular flexibility index (Phi) is 8.21. The Morgan fingerprint density at radius 3 is 2.59 bits per heavy atom. The molecule has 8 nitrogen and oxygen atoms in total. The van der Waals surface area contributed by atoms with Gasteiger partial charge in [0.25, 0.3) is 0 Å². The van der Waals surface area contributed by atoms with Crippen molar-refractivity contribution in [3.8, 4) is 5.75 Å². The molecule has 34 heavy (non-hydrogen) atoms. The quantitative estimate of drug-likeness (QED) is 0.420. The topological polar surface area (TPSA) is 96.5 Å². The maximum absolute atomic E-state index is 11.9. The summed E-state index contributed by atoms with van der Waals surface area (Å²) < 4.78 is 5.56. The third-order valence-corrected chi connectivity index (χ3v) is 5.32. The number of amides is 2. The Labute approximate surface area is 203 Å². The SMILES string of the molecule is C=CC(=O)Nc1ccccc1Nc1nc(Cc2ccc(N(CC)C(C)=O)cc2OC)ncc1Cl. The van der Waals surface area contributed by atoms with Gasteiger partial charge in [0.15, 0.2) is 5.82 Å². The highest BCUT2D eigenvalue weighted by atomic mass is 35.5. The van der Waals surface area contributed by atoms with E-state index in [0.717, 1.165) is 11.3 Å². The fraction of sp³-hybridized carbons (Fsp3) is 0.200. The van der Waals surface area contributed by atoms with Crippen molar-refractivity contribution in [2.45, 2.75) is 20.3 Å². The van der Waals surface area contributed by atoms with Gasteiger partial charge >= 0.3 is 0 Å². The van der Waals surface area contributed by atoms with E-state index in [9.17, 15) is 9.59 Å². The summed E-state index contributed by atoms with van der Waals surface area (Å²) in [5.74, 6) is 1.17. The molecule has 1 heterocycles. The number of carbonyl (C=O) groups is 2. The fourth-order valence-corrected chi connectivity index (χ4v) is 3.53. The van der Waals surface area contributed by atoms with E-state index in [0.29, 0.717) is 46.8 Å². The second-order valence-corrected chi connectivity index (χ2v) is 7.69. The summed E-state index contributed by atoms with van der Waals surface area (Å²) in [6, 6.07) is 12.8. The average Bonchev–Trinajstić information content (AvgIpc) is 2.83. The molecule has 2 N–H and O–H groups in total. The molecule has 9 heteroatoms. The van der Waals surface area contributed by atoms with Gasteiger partial charge in [0.2, 0.25) is 11.8 Å². The van der Waals surface area contributed by atoms with Crippen LogP contribution in [0.15, 0.2) is 61.3 Å². The zero-order chi connectivity index (χ0) is 24.7. The number of rotatable bonds is 9. The number of nitrogens with zero attached hydrogens (tertiary/aromatic N) is 3. The molecule has 1 aromatic heterocycles. The predicted octanol–water partition coefficient (Wildman–Crippen LogP) is 4.97. The molecule has 0 spiro atoms. The van der Waals surface area contributed by atoms with Gasteiger partial charge in [-0.2, -0.15) is 0 Å². The summed E-state index contributed by atoms with van der Waals surface area (Å²) in [5, 5.41) is 6.24. The largest absolute Gasteiger partial charge is 0.496 e. The van der Waals surface area contributed by atoms with Crippen molar-refractivity contribution < 1.29 is 14.3 Å². The third-order valence-electron chi connectivity index (χ3n) is 5.04. The van der Waals surface area contributed by atoms with Crippen molar-refractivity contribution >= 4 is 46.3 Å². The van der Waals surface area contributed by atoms with Gasteiger partial charge < -0.3 is 20.3 Å². The molecule has 0 radical (unpaired) electrons. The van der Waals surface area contributed by atoms with Crippen LogP contribution >= 0.6 is 11.6 Å². The molecular weight excluding hydrogens is 454 g/mol. The van der Waals surface area contributed by atoms with E-state index in [1.807, 2.05) is 31.2 Å². The van der Waals surface area contributed by atoms with E-state index in [2.05, 4.69) is 27.2 Å². The molecule has 176 valence electrons. The van der Waals surface area contributed by atoms with E-state index < -0.39 is 0 Å². The van der Waals surface area contributed by atoms with Crippen molar-refractivity contribution in [1.82, 2.24) is 9.97 Å². The summed E-state index contributed by atoms with van der Waals surface area (Å²) in [5.41, 5.74) is 2.80. The van der Waals surface area contributed by atoms with Crippen LogP contribution in [-0.2, 0) is 16.0 Å². The summed E-state index contributed by atoms with van der Waals surface area (Å²) in [7, 11) is 1.58. The van der Waals surface area contributed by atoms with Crippen LogP contribution in [0.4, 0.5) is 22.9 Å². The van der Waals surface area contributed by atoms with Crippen LogP contribution in [-0.4, -0.2) is 35.4 Å². The summed E-state index contributed by atoms with van der Waals surface area (Å²) in [6.45, 7) is 7.48. The lowest BCUT2D eigenvalue weighted by atomic mass is 10.1. The van der Waals surface area contributed by atoms with Crippen LogP contribution < -0.4 is 20.3 Å². The molecule has 0 saturated heterocycles. The van der Waals surface area contributed by atoms with E-state index in [1.54, 1.807) is 30.2 Å². The first-order chi connectivity index (χ1) is 16.4. The van der Waals surface area contributed by atoms with Crippen molar-refractivity contribution in [3.05, 3.63) is 77.7 Å². The lowest BCUT2D eigenvalue weighted by Gasteiger charge is -2.20. The third kappa shape index (κ3) is 5.90. The molecule has 0 aliphatic heterocycles. The number of para-hydroxylation sites is 2. The van der Waals surface area contributed by atoms with Gasteiger partial charge in [0.05, 0.1) is 24.7 Å². The molecule has 0 unspecified atom stereocenters. The number of aromatic nitrogens is 2. The van der Waals surface area contributed by atoms with Crippen LogP contribution in [0, 0.1) is 0 Å². The zero-order valence-electron chi connectivity index (χ0n) is 19.3. The standard InChI is InChI=1S/C25H26ClN5O3/c1-5-24(33)28-20-9-7-8-10-21(20)29-25-19(26)15-27-23(30-25)13-17-11-12-18(14-22(17)34-4)31(6-2)16(3)32/h5,7-12,14-15H,1,6,13H2,2-4H3,(H,28,33)(H,27,29,30). The second-order valence-electron chi connectivity index (χ2n) is 7.28. The molecule has 0 aliphatic rings. The van der Waals surface area contributed by atoms with E-state index >= 15 is 0 Å². The molecule has 3 aromatic rings. The van der Waals surface area contributed by atoms with Gasteiger partial charge in [-0.1, -0.05) is 36.4 Å². The van der Waals surface area contributed by atoms with Crippen molar-refractivity contribution in [2.24, 2.45) is 0 Å². The number of hydrogen-bond acceptors (Lipinski definition) is 6. The summed E-state index contributed by atoms with van der Waals surface area (Å²) >= 11 is 6.34. The molecule has 0 saturated carbocycles. The van der Waals surface area contributed by atoms with E-state index in [-0.39, 0.29) is 11.8 Å². The van der Waals surface area contributed by atoms with E-state index in [4.69, 9.17) is 16.3 Å². The summed E-state index contributed by atoms with van der Waals surface area (Å²) in [4.78, 5) is 34.2. The molecule has 0 atom stereocenters. The first-order valence-electron chi connectivity index (χ1n) is 10.6. The predicted molar refractivity (Wildman–Crippen MR) is 135 cm³/mol. The van der Waals surface area contributed by atoms with Gasteiger partial charge in [-0.15, -0.1) is 0 Å². The molecule has 0 bridgehead atoms. The molecule has 3 rings (SSSR count). The molecule has 0 fully saturated rings. The number of ether oxygens (including phenoxy) is 1. The highest BCUT2D eigenvalue weighted by molar-refractivity contribution is 6.32. The van der Waals surface area contributed by atoms with Crippen molar-refractivity contribution in [1.29, 1.82) is 0 Å². The Hall–Kier alpha value is -3.91. The number of benzene rings is 2. The van der Waals surface area contributed by atoms with Crippen LogP contribution in [0.1, 0.15) is 25.2 Å². The maximum Gasteiger partial charge on any atom is 0.247 e. The highest BCUT2D eigenvalue weighted by Gasteiger charge is 2.15. The second kappa shape index (κ2) is 11.3. The molecule has 2 amide bonds. The molecule has 2 aromatic carbocycles. The van der Waals surface area contributed by atoms with Crippen LogP contribution in [0.3, 0.4) is 0 Å². The van der Waals surface area contributed by atoms with Crippen LogP contribution in [0.25, 0.3) is 0 Å². The molecular formula is C25H26ClN5O3. The maximum atomic E-state index is 11.9. The number of carbonyl (C=O) groups excluding carboxylic acids is 2. The minimum atomic E-state index is -0.328. The Morgan fingerprint density at radius 1 is 1.21 bits per heavy atom. The van der Waals surface area contributed by atoms with Gasteiger partial charge in [0, 0.05) is 37.2 Å². The first-order valence-corrected chi connectivity index (χ1v) is 11.0. The minimum absolute atomic E-state index is 0.0429. The number of halogens is 1. The van der Waals surface area contributed by atoms with Crippen LogP contribution in [0.2, 0.25) is 5.02 Å². The van der Waals surface area contributed by atoms with E-state index in [1.165, 1.54) is 19.2 Å². The number of nitrogens with one attached hydrogen (secondary N) is 2. The lowest BCUT2D eigenvalue weighted by molar-refractivity contribution is -0.116. The monoisotopic (exact) mass is 479 g/mol. The highest BCUT2D eigenvalue weighted by Crippen LogP contribution is 2.30. The Balaban J connectivity index is 1.87. The Bertz CT molecular complexity index is 1210. The van der Waals surface area contributed by atoms with Crippen LogP contribution in [0.5, 0.6) is 5.75 Å². The van der Waals surface area contributed by atoms with Crippen molar-refractivity contribution in [3.63, 3.8) is 0 Å². The fourth-order valence-electron chi connectivity index (χ4n) is 3.39. The average molecular weight is 480 g/mol. The first kappa shape index (κ1) is 24.7. The summed E-state index contributed by atoms with van der Waals surface area (Å²) in [6.07, 6.45) is 3.10. The normalized spacial score (nSPS) is 10.4. The smallest absolute Gasteiger partial charge is 0.247 e. The van der Waals surface area contributed by atoms with Crippen molar-refractivity contribution in [2.75, 3.05) is 29.2 Å². The molecule has 0 aliphatic carbocycles. The van der Waals surface area contributed by atoms with Gasteiger partial charge in [-0.25, -0.2) is 9.97 Å². The Morgan fingerprint density at radius 2 is 1.94 bits per heavy atom. The number of hydrogen-bond donors (Lipinski definition) is 2. The van der Waals surface area contributed by atoms with Gasteiger partial charge in [-0.05, 0) is 31.2 Å². The van der Waals surface area contributed by atoms with Gasteiger partial charge in [-0.3, -0.25) is 9.59 Å². The minimum Gasteiger partial charge on any atom is -0.496 e. The number of methoxy groups -OCH3 is 1. The van der Waals surface area contributed by atoms with Gasteiger partial charge in [0.1, 0.15) is 16.6 Å². The number of anilines is 4.